The summed E-state index contributed by atoms with van der Waals surface area (Å²) in [5, 5.41) is 7.70. The summed E-state index contributed by atoms with van der Waals surface area (Å²) in [6, 6.07) is 0.171. The lowest BCUT2D eigenvalue weighted by Crippen LogP contribution is -2.42. The number of nitrogens with one attached hydrogen (secondary N) is 1. The number of carbonyl (C=O) groups is 1. The Morgan fingerprint density at radius 2 is 1.97 bits per heavy atom. The molecule has 0 spiro atoms. The molecule has 174 valence electrons. The number of piperidine rings is 1. The normalized spacial score (nSPS) is 18.8. The van der Waals surface area contributed by atoms with Crippen LogP contribution in [0.3, 0.4) is 0 Å². The minimum atomic E-state index is -0.124. The number of rotatable bonds is 6. The van der Waals surface area contributed by atoms with Gasteiger partial charge in [0.15, 0.2) is 0 Å². The first-order chi connectivity index (χ1) is 16.0. The number of aromatic nitrogens is 5. The predicted molar refractivity (Wildman–Crippen MR) is 125 cm³/mol. The highest BCUT2D eigenvalue weighted by molar-refractivity contribution is 5.90. The lowest BCUT2D eigenvalue weighted by Gasteiger charge is -2.33. The minimum absolute atomic E-state index is 0.0731. The second-order valence-corrected chi connectivity index (χ2v) is 8.82. The molecule has 0 radical (unpaired) electrons. The summed E-state index contributed by atoms with van der Waals surface area (Å²) in [7, 11) is 3.39. The van der Waals surface area contributed by atoms with Crippen LogP contribution in [-0.2, 0) is 11.8 Å². The first kappa shape index (κ1) is 21.3. The van der Waals surface area contributed by atoms with Crippen molar-refractivity contribution in [2.75, 3.05) is 25.5 Å². The van der Waals surface area contributed by atoms with E-state index in [-0.39, 0.29) is 17.5 Å². The molecular formula is C23H29N7O3. The van der Waals surface area contributed by atoms with Crippen LogP contribution in [0.5, 0.6) is 5.88 Å². The second kappa shape index (κ2) is 8.42. The largest absolute Gasteiger partial charge is 0.478 e. The van der Waals surface area contributed by atoms with Gasteiger partial charge in [-0.25, -0.2) is 4.98 Å². The first-order valence-corrected chi connectivity index (χ1v) is 11.4. The number of amides is 1. The Bertz CT molecular complexity index is 1270. The van der Waals surface area contributed by atoms with E-state index in [1.807, 2.05) is 24.0 Å². The third kappa shape index (κ3) is 3.69. The molecule has 33 heavy (non-hydrogen) atoms. The Morgan fingerprint density at radius 3 is 2.67 bits per heavy atom. The Kier molecular flexibility index (Phi) is 5.43. The summed E-state index contributed by atoms with van der Waals surface area (Å²) in [6.45, 7) is 4.76. The highest BCUT2D eigenvalue weighted by atomic mass is 16.5. The van der Waals surface area contributed by atoms with Gasteiger partial charge in [0.2, 0.25) is 5.91 Å². The molecule has 4 heterocycles. The molecule has 1 saturated heterocycles. The predicted octanol–water partition coefficient (Wildman–Crippen LogP) is 2.76. The standard InChI is InChI=1S/C23H29N7O3/c1-4-19(31)28-10-6-9-16(11-28)29-13-17(25-18-12-27(2)26-22(18)33-3)20-21(23(29)32)30(14-24-20)15-7-5-8-15/h4,12-16,25H,1,5-11H2,2-3H3. The SMILES string of the molecule is C=CC(=O)N1CCCC(n2cc(Nc3cn(C)nc3OC)c3ncn(C4CCC4)c3c2=O)C1. The fourth-order valence-corrected chi connectivity index (χ4v) is 4.82. The van der Waals surface area contributed by atoms with Crippen LogP contribution in [-0.4, -0.2) is 54.9 Å². The number of fused-ring (bicyclic) bond motifs is 1. The molecule has 3 aromatic heterocycles. The third-order valence-corrected chi connectivity index (χ3v) is 6.76. The van der Waals surface area contributed by atoms with Gasteiger partial charge in [0.1, 0.15) is 16.7 Å². The maximum Gasteiger partial charge on any atom is 0.277 e. The summed E-state index contributed by atoms with van der Waals surface area (Å²) in [5.74, 6) is 0.356. The Balaban J connectivity index is 1.62. The molecule has 10 nitrogen and oxygen atoms in total. The molecule has 1 aliphatic carbocycles. The fraction of sp³-hybridized carbons (Fsp3) is 0.478. The second-order valence-electron chi connectivity index (χ2n) is 8.82. The number of aryl methyl sites for hydroxylation is 1. The molecule has 2 fully saturated rings. The number of nitrogens with zero attached hydrogens (tertiary/aromatic N) is 6. The van der Waals surface area contributed by atoms with Crippen molar-refractivity contribution >= 4 is 28.3 Å². The zero-order valence-corrected chi connectivity index (χ0v) is 19.0. The maximum absolute atomic E-state index is 13.7. The number of hydrogen-bond donors (Lipinski definition) is 1. The van der Waals surface area contributed by atoms with Crippen molar-refractivity contribution < 1.29 is 9.53 Å². The van der Waals surface area contributed by atoms with Crippen molar-refractivity contribution in [2.24, 2.45) is 7.05 Å². The molecule has 2 aliphatic rings. The minimum Gasteiger partial charge on any atom is -0.478 e. The van der Waals surface area contributed by atoms with E-state index >= 15 is 0 Å². The van der Waals surface area contributed by atoms with Gasteiger partial charge in [-0.05, 0) is 38.2 Å². The average molecular weight is 452 g/mol. The van der Waals surface area contributed by atoms with Crippen LogP contribution in [0.4, 0.5) is 11.4 Å². The molecule has 1 aliphatic heterocycles. The monoisotopic (exact) mass is 451 g/mol. The van der Waals surface area contributed by atoms with E-state index in [0.29, 0.717) is 47.4 Å². The third-order valence-electron chi connectivity index (χ3n) is 6.76. The average Bonchev–Trinajstić information content (AvgIpc) is 3.37. The van der Waals surface area contributed by atoms with E-state index < -0.39 is 0 Å². The number of pyridine rings is 1. The number of anilines is 2. The van der Waals surface area contributed by atoms with Crippen LogP contribution in [0, 0.1) is 0 Å². The van der Waals surface area contributed by atoms with Crippen LogP contribution in [0.1, 0.15) is 44.2 Å². The van der Waals surface area contributed by atoms with Gasteiger partial charge in [-0.1, -0.05) is 6.58 Å². The molecule has 10 heteroatoms. The van der Waals surface area contributed by atoms with Crippen molar-refractivity contribution in [1.29, 1.82) is 0 Å². The molecule has 1 atom stereocenters. The molecule has 1 N–H and O–H groups in total. The molecule has 1 saturated carbocycles. The molecule has 5 rings (SSSR count). The summed E-state index contributed by atoms with van der Waals surface area (Å²) in [6.07, 6.45) is 11.7. The van der Waals surface area contributed by atoms with Gasteiger partial charge < -0.3 is 24.1 Å². The van der Waals surface area contributed by atoms with E-state index in [2.05, 4.69) is 22.0 Å². The fourth-order valence-electron chi connectivity index (χ4n) is 4.82. The Morgan fingerprint density at radius 1 is 1.18 bits per heavy atom. The smallest absolute Gasteiger partial charge is 0.277 e. The molecule has 1 amide bonds. The maximum atomic E-state index is 13.7. The highest BCUT2D eigenvalue weighted by Gasteiger charge is 2.29. The van der Waals surface area contributed by atoms with E-state index in [0.717, 1.165) is 32.1 Å². The molecule has 0 aromatic carbocycles. The van der Waals surface area contributed by atoms with Crippen molar-refractivity contribution in [1.82, 2.24) is 28.8 Å². The van der Waals surface area contributed by atoms with Gasteiger partial charge in [-0.3, -0.25) is 14.3 Å². The molecular weight excluding hydrogens is 422 g/mol. The summed E-state index contributed by atoms with van der Waals surface area (Å²) in [5.41, 5.74) is 2.55. The van der Waals surface area contributed by atoms with Crippen molar-refractivity contribution in [3.8, 4) is 5.88 Å². The van der Waals surface area contributed by atoms with E-state index in [9.17, 15) is 9.59 Å². The van der Waals surface area contributed by atoms with Gasteiger partial charge in [0, 0.05) is 32.4 Å². The first-order valence-electron chi connectivity index (χ1n) is 11.4. The van der Waals surface area contributed by atoms with Crippen LogP contribution >= 0.6 is 0 Å². The summed E-state index contributed by atoms with van der Waals surface area (Å²) >= 11 is 0. The summed E-state index contributed by atoms with van der Waals surface area (Å²) in [4.78, 5) is 32.4. The zero-order valence-electron chi connectivity index (χ0n) is 19.0. The Labute approximate surface area is 191 Å². The van der Waals surface area contributed by atoms with E-state index in [1.165, 1.54) is 6.08 Å². The number of carbonyl (C=O) groups excluding carboxylic acids is 1. The quantitative estimate of drug-likeness (QED) is 0.579. The van der Waals surface area contributed by atoms with E-state index in [4.69, 9.17) is 4.74 Å². The molecule has 0 bridgehead atoms. The summed E-state index contributed by atoms with van der Waals surface area (Å²) < 4.78 is 10.9. The topological polar surface area (TPSA) is 99.2 Å². The van der Waals surface area contributed by atoms with Crippen molar-refractivity contribution in [2.45, 2.75) is 44.2 Å². The van der Waals surface area contributed by atoms with Gasteiger partial charge in [0.05, 0.1) is 31.4 Å². The van der Waals surface area contributed by atoms with Crippen molar-refractivity contribution in [3.05, 3.63) is 41.7 Å². The van der Waals surface area contributed by atoms with Crippen molar-refractivity contribution in [3.63, 3.8) is 0 Å². The molecule has 1 unspecified atom stereocenters. The van der Waals surface area contributed by atoms with Gasteiger partial charge in [0.25, 0.3) is 11.4 Å². The van der Waals surface area contributed by atoms with Crippen LogP contribution in [0.15, 0.2) is 36.2 Å². The van der Waals surface area contributed by atoms with Crippen LogP contribution in [0.25, 0.3) is 11.0 Å². The number of imidazole rings is 1. The van der Waals surface area contributed by atoms with Gasteiger partial charge >= 0.3 is 0 Å². The lowest BCUT2D eigenvalue weighted by molar-refractivity contribution is -0.127. The van der Waals surface area contributed by atoms with Crippen LogP contribution < -0.4 is 15.6 Å². The van der Waals surface area contributed by atoms with E-state index in [1.54, 1.807) is 27.6 Å². The highest BCUT2D eigenvalue weighted by Crippen LogP contribution is 2.36. The Hall–Kier alpha value is -3.56. The number of methoxy groups -OCH3 is 1. The van der Waals surface area contributed by atoms with Gasteiger partial charge in [-0.2, -0.15) is 0 Å². The number of likely N-dealkylation sites (tertiary alicyclic amines) is 1. The lowest BCUT2D eigenvalue weighted by atomic mass is 9.93. The number of hydrogen-bond acceptors (Lipinski definition) is 6. The van der Waals surface area contributed by atoms with Gasteiger partial charge in [-0.15, -0.1) is 5.10 Å². The van der Waals surface area contributed by atoms with Crippen LogP contribution in [0.2, 0.25) is 0 Å². The molecule has 3 aromatic rings. The zero-order chi connectivity index (χ0) is 23.1. The number of ether oxygens (including phenoxy) is 1.